The molecule has 0 unspecified atom stereocenters. The minimum Gasteiger partial charge on any atom is -0.491 e. The molecule has 7 nitrogen and oxygen atoms in total. The number of fused-ring (bicyclic) bond motifs is 1. The highest BCUT2D eigenvalue weighted by Gasteiger charge is 2.16. The predicted molar refractivity (Wildman–Crippen MR) is 77.7 cm³/mol. The van der Waals surface area contributed by atoms with Crippen molar-refractivity contribution in [1.82, 2.24) is 4.98 Å². The van der Waals surface area contributed by atoms with Gasteiger partial charge in [-0.15, -0.1) is 0 Å². The normalized spacial score (nSPS) is 10.0. The van der Waals surface area contributed by atoms with Crippen LogP contribution in [0.4, 0.5) is 5.69 Å². The van der Waals surface area contributed by atoms with Crippen LogP contribution in [0.3, 0.4) is 0 Å². The Balaban J connectivity index is 2.69. The Labute approximate surface area is 121 Å². The molecule has 0 aliphatic rings. The second-order valence-electron chi connectivity index (χ2n) is 4.20. The number of rotatable bonds is 5. The Morgan fingerprint density at radius 2 is 2.29 bits per heavy atom. The first-order chi connectivity index (χ1) is 10.2. The Hall–Kier alpha value is -2.79. The van der Waals surface area contributed by atoms with Crippen LogP contribution in [0.5, 0.6) is 5.75 Å². The van der Waals surface area contributed by atoms with Gasteiger partial charge in [0.1, 0.15) is 11.3 Å². The molecule has 1 aromatic heterocycles. The summed E-state index contributed by atoms with van der Waals surface area (Å²) in [6, 6.07) is 5.26. The van der Waals surface area contributed by atoms with Crippen LogP contribution in [0.2, 0.25) is 0 Å². The number of azide groups is 1. The topological polar surface area (TPSA) is 97.2 Å². The van der Waals surface area contributed by atoms with Crippen LogP contribution < -0.4 is 4.74 Å². The van der Waals surface area contributed by atoms with E-state index in [9.17, 15) is 4.79 Å². The third-order valence-electron chi connectivity index (χ3n) is 2.84. The van der Waals surface area contributed by atoms with Crippen LogP contribution >= 0.6 is 0 Å². The minimum atomic E-state index is -0.605. The molecule has 0 bridgehead atoms. The van der Waals surface area contributed by atoms with E-state index in [1.807, 2.05) is 6.92 Å². The average molecular weight is 286 g/mol. The van der Waals surface area contributed by atoms with Gasteiger partial charge in [-0.2, -0.15) is 0 Å². The second kappa shape index (κ2) is 6.58. The molecular formula is C14H14N4O3. The van der Waals surface area contributed by atoms with E-state index in [1.165, 1.54) is 13.3 Å². The maximum absolute atomic E-state index is 11.7. The molecule has 7 heteroatoms. The Morgan fingerprint density at radius 1 is 1.48 bits per heavy atom. The molecule has 0 spiro atoms. The zero-order valence-electron chi connectivity index (χ0n) is 11.7. The molecule has 1 aromatic carbocycles. The maximum Gasteiger partial charge on any atom is 0.339 e. The monoisotopic (exact) mass is 286 g/mol. The number of para-hydroxylation sites is 1. The van der Waals surface area contributed by atoms with Crippen LogP contribution in [0.1, 0.15) is 23.7 Å². The number of carbonyl (C=O) groups is 1. The highest BCUT2D eigenvalue weighted by molar-refractivity contribution is 6.04. The quantitative estimate of drug-likeness (QED) is 0.362. The zero-order chi connectivity index (χ0) is 15.2. The van der Waals surface area contributed by atoms with Crippen molar-refractivity contribution in [1.29, 1.82) is 0 Å². The molecule has 21 heavy (non-hydrogen) atoms. The highest BCUT2D eigenvalue weighted by Crippen LogP contribution is 2.34. The molecule has 0 atom stereocenters. The van der Waals surface area contributed by atoms with E-state index in [2.05, 4.69) is 19.7 Å². The van der Waals surface area contributed by atoms with Gasteiger partial charge in [0.15, 0.2) is 0 Å². The van der Waals surface area contributed by atoms with Gasteiger partial charge in [0.05, 0.1) is 25.0 Å². The summed E-state index contributed by atoms with van der Waals surface area (Å²) in [5.41, 5.74) is 9.58. The Kier molecular flexibility index (Phi) is 4.58. The van der Waals surface area contributed by atoms with Gasteiger partial charge in [0.25, 0.3) is 0 Å². The third-order valence-corrected chi connectivity index (χ3v) is 2.84. The lowest BCUT2D eigenvalue weighted by atomic mass is 10.1. The van der Waals surface area contributed by atoms with Crippen LogP contribution in [-0.4, -0.2) is 24.7 Å². The van der Waals surface area contributed by atoms with E-state index < -0.39 is 5.97 Å². The van der Waals surface area contributed by atoms with Crippen molar-refractivity contribution in [3.8, 4) is 5.75 Å². The summed E-state index contributed by atoms with van der Waals surface area (Å²) in [5, 5.41) is 4.16. The number of hydrogen-bond acceptors (Lipinski definition) is 5. The Bertz CT molecular complexity index is 723. The standard InChI is InChI=1S/C14H14N4O3/c1-3-7-21-11-6-4-5-9-12(17-18-15)10(14(19)20-2)8-16-13(9)11/h4-6,8H,3,7H2,1-2H3. The Morgan fingerprint density at radius 3 is 2.95 bits per heavy atom. The smallest absolute Gasteiger partial charge is 0.339 e. The number of benzene rings is 1. The predicted octanol–water partition coefficient (Wildman–Crippen LogP) is 3.75. The number of pyridine rings is 1. The number of esters is 1. The number of nitrogens with zero attached hydrogens (tertiary/aromatic N) is 4. The first kappa shape index (κ1) is 14.6. The summed E-state index contributed by atoms with van der Waals surface area (Å²) in [4.78, 5) is 18.7. The van der Waals surface area contributed by atoms with Crippen LogP contribution in [0.25, 0.3) is 21.3 Å². The largest absolute Gasteiger partial charge is 0.491 e. The molecule has 0 aliphatic carbocycles. The van der Waals surface area contributed by atoms with Crippen LogP contribution in [0, 0.1) is 0 Å². The number of aromatic nitrogens is 1. The fraction of sp³-hybridized carbons (Fsp3) is 0.286. The van der Waals surface area contributed by atoms with Crippen LogP contribution in [0.15, 0.2) is 29.5 Å². The first-order valence-electron chi connectivity index (χ1n) is 6.40. The molecule has 0 amide bonds. The molecule has 0 radical (unpaired) electrons. The molecule has 2 aromatic rings. The van der Waals surface area contributed by atoms with E-state index in [0.29, 0.717) is 23.3 Å². The molecule has 0 N–H and O–H groups in total. The summed E-state index contributed by atoms with van der Waals surface area (Å²) >= 11 is 0. The third kappa shape index (κ3) is 2.88. The summed E-state index contributed by atoms with van der Waals surface area (Å²) in [6.45, 7) is 2.55. The molecular weight excluding hydrogens is 272 g/mol. The first-order valence-corrected chi connectivity index (χ1v) is 6.40. The maximum atomic E-state index is 11.7. The van der Waals surface area contributed by atoms with Gasteiger partial charge >= 0.3 is 5.97 Å². The molecule has 2 rings (SSSR count). The van der Waals surface area contributed by atoms with Crippen molar-refractivity contribution < 1.29 is 14.3 Å². The minimum absolute atomic E-state index is 0.121. The molecule has 1 heterocycles. The van der Waals surface area contributed by atoms with E-state index in [4.69, 9.17) is 10.3 Å². The number of methoxy groups -OCH3 is 1. The van der Waals surface area contributed by atoms with Crippen molar-refractivity contribution in [2.45, 2.75) is 13.3 Å². The lowest BCUT2D eigenvalue weighted by molar-refractivity contribution is 0.0601. The fourth-order valence-electron chi connectivity index (χ4n) is 1.92. The van der Waals surface area contributed by atoms with Crippen molar-refractivity contribution in [3.05, 3.63) is 40.4 Å². The molecule has 0 saturated carbocycles. The van der Waals surface area contributed by atoms with Crippen molar-refractivity contribution in [2.24, 2.45) is 5.11 Å². The molecule has 0 aliphatic heterocycles. The van der Waals surface area contributed by atoms with Gasteiger partial charge in [0.2, 0.25) is 0 Å². The van der Waals surface area contributed by atoms with Gasteiger partial charge in [0, 0.05) is 16.5 Å². The van der Waals surface area contributed by atoms with Crippen molar-refractivity contribution >= 4 is 22.6 Å². The number of hydrogen-bond donors (Lipinski definition) is 0. The molecule has 0 fully saturated rings. The van der Waals surface area contributed by atoms with Gasteiger partial charge in [-0.1, -0.05) is 24.2 Å². The van der Waals surface area contributed by atoms with E-state index in [1.54, 1.807) is 18.2 Å². The van der Waals surface area contributed by atoms with E-state index in [-0.39, 0.29) is 11.3 Å². The fourth-order valence-corrected chi connectivity index (χ4v) is 1.92. The van der Waals surface area contributed by atoms with Gasteiger partial charge in [-0.05, 0) is 18.0 Å². The lowest BCUT2D eigenvalue weighted by Crippen LogP contribution is -2.03. The van der Waals surface area contributed by atoms with Crippen molar-refractivity contribution in [2.75, 3.05) is 13.7 Å². The summed E-state index contributed by atoms with van der Waals surface area (Å²) in [5.74, 6) is -0.0214. The van der Waals surface area contributed by atoms with Gasteiger partial charge in [-0.25, -0.2) is 4.79 Å². The summed E-state index contributed by atoms with van der Waals surface area (Å²) in [7, 11) is 1.26. The highest BCUT2D eigenvalue weighted by atomic mass is 16.5. The zero-order valence-corrected chi connectivity index (χ0v) is 11.7. The van der Waals surface area contributed by atoms with Crippen molar-refractivity contribution in [3.63, 3.8) is 0 Å². The summed E-state index contributed by atoms with van der Waals surface area (Å²) < 4.78 is 10.3. The van der Waals surface area contributed by atoms with E-state index in [0.717, 1.165) is 6.42 Å². The second-order valence-corrected chi connectivity index (χ2v) is 4.20. The number of carbonyl (C=O) groups excluding carboxylic acids is 1. The van der Waals surface area contributed by atoms with Gasteiger partial charge in [-0.3, -0.25) is 4.98 Å². The van der Waals surface area contributed by atoms with Gasteiger partial charge < -0.3 is 9.47 Å². The molecule has 108 valence electrons. The lowest BCUT2D eigenvalue weighted by Gasteiger charge is -2.10. The van der Waals surface area contributed by atoms with E-state index >= 15 is 0 Å². The SMILES string of the molecule is CCCOc1cccc2c(N=[N+]=[N-])c(C(=O)OC)cnc12. The summed E-state index contributed by atoms with van der Waals surface area (Å²) in [6.07, 6.45) is 2.19. The van der Waals surface area contributed by atoms with Crippen LogP contribution in [-0.2, 0) is 4.74 Å². The average Bonchev–Trinajstić information content (AvgIpc) is 2.52. The molecule has 0 saturated heterocycles. The number of ether oxygens (including phenoxy) is 2.